The van der Waals surface area contributed by atoms with Gasteiger partial charge in [-0.2, -0.15) is 0 Å². The van der Waals surface area contributed by atoms with Gasteiger partial charge in [0.25, 0.3) is 0 Å². The Balaban J connectivity index is 1.32. The SMILES string of the molecule is NC(=O)C1CCCN(Cc2cccc(CNCc3ccc4ccccc4c3)c2)C1. The Morgan fingerprint density at radius 1 is 0.931 bits per heavy atom. The van der Waals surface area contributed by atoms with Gasteiger partial charge in [-0.1, -0.05) is 60.7 Å². The predicted molar refractivity (Wildman–Crippen MR) is 118 cm³/mol. The minimum atomic E-state index is -0.165. The molecule has 1 heterocycles. The van der Waals surface area contributed by atoms with Crippen LogP contribution in [-0.4, -0.2) is 23.9 Å². The summed E-state index contributed by atoms with van der Waals surface area (Å²) in [7, 11) is 0. The van der Waals surface area contributed by atoms with Crippen molar-refractivity contribution in [1.82, 2.24) is 10.2 Å². The number of benzene rings is 3. The Morgan fingerprint density at radius 3 is 2.52 bits per heavy atom. The third-order valence-electron chi connectivity index (χ3n) is 5.78. The van der Waals surface area contributed by atoms with Gasteiger partial charge in [0.05, 0.1) is 5.92 Å². The Labute approximate surface area is 172 Å². The summed E-state index contributed by atoms with van der Waals surface area (Å²) in [5.74, 6) is -0.170. The summed E-state index contributed by atoms with van der Waals surface area (Å²) in [6.45, 7) is 4.38. The first kappa shape index (κ1) is 19.6. The van der Waals surface area contributed by atoms with Crippen LogP contribution in [0.3, 0.4) is 0 Å². The molecule has 3 N–H and O–H groups in total. The maximum atomic E-state index is 11.5. The van der Waals surface area contributed by atoms with E-state index in [1.807, 2.05) is 0 Å². The Hall–Kier alpha value is -2.69. The van der Waals surface area contributed by atoms with Crippen LogP contribution in [0.1, 0.15) is 29.5 Å². The van der Waals surface area contributed by atoms with E-state index in [1.54, 1.807) is 0 Å². The Kier molecular flexibility index (Phi) is 6.23. The van der Waals surface area contributed by atoms with Gasteiger partial charge in [0.1, 0.15) is 0 Å². The van der Waals surface area contributed by atoms with Gasteiger partial charge in [-0.3, -0.25) is 9.69 Å². The van der Waals surface area contributed by atoms with E-state index in [2.05, 4.69) is 76.9 Å². The second kappa shape index (κ2) is 9.21. The van der Waals surface area contributed by atoms with E-state index in [1.165, 1.54) is 27.5 Å². The van der Waals surface area contributed by atoms with Crippen LogP contribution in [0.4, 0.5) is 0 Å². The van der Waals surface area contributed by atoms with E-state index in [0.717, 1.165) is 45.6 Å². The smallest absolute Gasteiger partial charge is 0.221 e. The van der Waals surface area contributed by atoms with Crippen molar-refractivity contribution in [3.8, 4) is 0 Å². The molecule has 3 aromatic carbocycles. The number of piperidine rings is 1. The summed E-state index contributed by atoms with van der Waals surface area (Å²) in [5, 5.41) is 6.12. The van der Waals surface area contributed by atoms with Crippen LogP contribution < -0.4 is 11.1 Å². The molecule has 1 aliphatic heterocycles. The van der Waals surface area contributed by atoms with E-state index in [4.69, 9.17) is 5.73 Å². The van der Waals surface area contributed by atoms with Crippen LogP contribution in [-0.2, 0) is 24.4 Å². The molecule has 1 saturated heterocycles. The molecular formula is C25H29N3O. The first-order valence-electron chi connectivity index (χ1n) is 10.5. The van der Waals surface area contributed by atoms with Crippen LogP contribution in [0.2, 0.25) is 0 Å². The molecule has 0 aromatic heterocycles. The zero-order chi connectivity index (χ0) is 20.1. The number of likely N-dealkylation sites (tertiary alicyclic amines) is 1. The van der Waals surface area contributed by atoms with Crippen LogP contribution in [0, 0.1) is 5.92 Å². The zero-order valence-corrected chi connectivity index (χ0v) is 16.8. The van der Waals surface area contributed by atoms with Gasteiger partial charge < -0.3 is 11.1 Å². The number of carbonyl (C=O) groups is 1. The number of carbonyl (C=O) groups excluding carboxylic acids is 1. The highest BCUT2D eigenvalue weighted by Gasteiger charge is 2.23. The lowest BCUT2D eigenvalue weighted by molar-refractivity contribution is -0.123. The predicted octanol–water partition coefficient (Wildman–Crippen LogP) is 3.83. The van der Waals surface area contributed by atoms with Crippen molar-refractivity contribution in [2.75, 3.05) is 13.1 Å². The number of hydrogen-bond donors (Lipinski definition) is 2. The topological polar surface area (TPSA) is 58.4 Å². The van der Waals surface area contributed by atoms with Crippen molar-refractivity contribution in [1.29, 1.82) is 0 Å². The third kappa shape index (κ3) is 5.22. The number of hydrogen-bond acceptors (Lipinski definition) is 3. The highest BCUT2D eigenvalue weighted by Crippen LogP contribution is 2.19. The molecule has 150 valence electrons. The average Bonchev–Trinajstić information content (AvgIpc) is 2.74. The lowest BCUT2D eigenvalue weighted by Gasteiger charge is -2.31. The molecule has 0 radical (unpaired) electrons. The molecule has 1 aliphatic rings. The number of nitrogens with two attached hydrogens (primary N) is 1. The molecule has 1 amide bonds. The fourth-order valence-electron chi connectivity index (χ4n) is 4.23. The van der Waals surface area contributed by atoms with Crippen molar-refractivity contribution >= 4 is 16.7 Å². The molecule has 1 atom stereocenters. The number of nitrogens with one attached hydrogen (secondary N) is 1. The fraction of sp³-hybridized carbons (Fsp3) is 0.320. The summed E-state index contributed by atoms with van der Waals surface area (Å²) in [6.07, 6.45) is 1.96. The first-order chi connectivity index (χ1) is 14.2. The maximum absolute atomic E-state index is 11.5. The minimum absolute atomic E-state index is 0.00412. The normalized spacial score (nSPS) is 17.4. The van der Waals surface area contributed by atoms with Crippen LogP contribution in [0.15, 0.2) is 66.7 Å². The molecule has 4 heteroatoms. The van der Waals surface area contributed by atoms with Crippen molar-refractivity contribution < 1.29 is 4.79 Å². The second-order valence-electron chi connectivity index (χ2n) is 8.08. The molecule has 0 aliphatic carbocycles. The molecule has 0 spiro atoms. The highest BCUT2D eigenvalue weighted by molar-refractivity contribution is 5.83. The fourth-order valence-corrected chi connectivity index (χ4v) is 4.23. The van der Waals surface area contributed by atoms with Crippen molar-refractivity contribution in [3.63, 3.8) is 0 Å². The van der Waals surface area contributed by atoms with Gasteiger partial charge in [0, 0.05) is 26.2 Å². The molecule has 3 aromatic rings. The van der Waals surface area contributed by atoms with Gasteiger partial charge in [0.15, 0.2) is 0 Å². The van der Waals surface area contributed by atoms with E-state index in [-0.39, 0.29) is 11.8 Å². The molecule has 1 fully saturated rings. The number of fused-ring (bicyclic) bond motifs is 1. The summed E-state index contributed by atoms with van der Waals surface area (Å²) in [5.41, 5.74) is 9.38. The molecule has 29 heavy (non-hydrogen) atoms. The summed E-state index contributed by atoms with van der Waals surface area (Å²) in [4.78, 5) is 13.8. The standard InChI is InChI=1S/C25H29N3O/c26-25(29)24-9-4-12-28(18-24)17-21-6-3-5-19(13-21)15-27-16-20-10-11-22-7-1-2-8-23(22)14-20/h1-3,5-8,10-11,13-14,24,27H,4,9,12,15-18H2,(H2,26,29). The quantitative estimate of drug-likeness (QED) is 0.648. The monoisotopic (exact) mass is 387 g/mol. The van der Waals surface area contributed by atoms with Crippen molar-refractivity contribution in [2.24, 2.45) is 11.7 Å². The summed E-state index contributed by atoms with van der Waals surface area (Å²) < 4.78 is 0. The lowest BCUT2D eigenvalue weighted by Crippen LogP contribution is -2.40. The van der Waals surface area contributed by atoms with Gasteiger partial charge in [-0.05, 0) is 52.9 Å². The summed E-state index contributed by atoms with van der Waals surface area (Å²) in [6, 6.07) is 23.8. The highest BCUT2D eigenvalue weighted by atomic mass is 16.1. The van der Waals surface area contributed by atoms with Gasteiger partial charge in [-0.15, -0.1) is 0 Å². The molecule has 0 saturated carbocycles. The second-order valence-corrected chi connectivity index (χ2v) is 8.08. The Morgan fingerprint density at radius 2 is 1.69 bits per heavy atom. The Bertz CT molecular complexity index is 984. The maximum Gasteiger partial charge on any atom is 0.221 e. The van der Waals surface area contributed by atoms with Crippen molar-refractivity contribution in [3.05, 3.63) is 83.4 Å². The summed E-state index contributed by atoms with van der Waals surface area (Å²) >= 11 is 0. The molecular weight excluding hydrogens is 358 g/mol. The number of primary amides is 1. The van der Waals surface area contributed by atoms with Crippen LogP contribution in [0.5, 0.6) is 0 Å². The molecule has 4 nitrogen and oxygen atoms in total. The number of nitrogens with zero attached hydrogens (tertiary/aromatic N) is 1. The van der Waals surface area contributed by atoms with Crippen molar-refractivity contribution in [2.45, 2.75) is 32.5 Å². The average molecular weight is 388 g/mol. The van der Waals surface area contributed by atoms with E-state index >= 15 is 0 Å². The number of amides is 1. The zero-order valence-electron chi connectivity index (χ0n) is 16.8. The van der Waals surface area contributed by atoms with Gasteiger partial charge in [0.2, 0.25) is 5.91 Å². The van der Waals surface area contributed by atoms with E-state index in [9.17, 15) is 4.79 Å². The van der Waals surface area contributed by atoms with E-state index in [0.29, 0.717) is 0 Å². The molecule has 0 bridgehead atoms. The largest absolute Gasteiger partial charge is 0.369 e. The first-order valence-corrected chi connectivity index (χ1v) is 10.5. The van der Waals surface area contributed by atoms with Crippen LogP contribution in [0.25, 0.3) is 10.8 Å². The van der Waals surface area contributed by atoms with Gasteiger partial charge in [-0.25, -0.2) is 0 Å². The molecule has 4 rings (SSSR count). The molecule has 1 unspecified atom stereocenters. The van der Waals surface area contributed by atoms with Gasteiger partial charge >= 0.3 is 0 Å². The minimum Gasteiger partial charge on any atom is -0.369 e. The van der Waals surface area contributed by atoms with Crippen LogP contribution >= 0.6 is 0 Å². The lowest BCUT2D eigenvalue weighted by atomic mass is 9.97. The third-order valence-corrected chi connectivity index (χ3v) is 5.78. The number of rotatable bonds is 7. The van der Waals surface area contributed by atoms with E-state index < -0.39 is 0 Å².